The number of para-hydroxylation sites is 1. The normalized spacial score (nSPS) is 10.2. The van der Waals surface area contributed by atoms with Gasteiger partial charge in [0.15, 0.2) is 0 Å². The molecule has 2 aromatic rings. The molecule has 0 aliphatic heterocycles. The van der Waals surface area contributed by atoms with Crippen LogP contribution in [0.25, 0.3) is 0 Å². The van der Waals surface area contributed by atoms with E-state index in [9.17, 15) is 4.79 Å². The standard InChI is InChI=1S/C16H17BrN2O/c1-10-5-4-6-11(2)15(10)19-16(20)18-14-8-7-13(17)9-12(14)3/h4-9H,1-3H3,(H2,18,19,20). The minimum atomic E-state index is -0.229. The second-order valence-corrected chi connectivity index (χ2v) is 5.72. The predicted octanol–water partition coefficient (Wildman–Crippen LogP) is 5.02. The number of urea groups is 1. The third-order valence-electron chi connectivity index (χ3n) is 3.16. The van der Waals surface area contributed by atoms with Crippen molar-refractivity contribution in [2.24, 2.45) is 0 Å². The summed E-state index contributed by atoms with van der Waals surface area (Å²) < 4.78 is 0.996. The van der Waals surface area contributed by atoms with Gasteiger partial charge in [-0.15, -0.1) is 0 Å². The van der Waals surface area contributed by atoms with E-state index in [1.54, 1.807) is 0 Å². The second-order valence-electron chi connectivity index (χ2n) is 4.81. The number of hydrogen-bond acceptors (Lipinski definition) is 1. The van der Waals surface area contributed by atoms with Gasteiger partial charge in [0.1, 0.15) is 0 Å². The first-order chi connectivity index (χ1) is 9.47. The van der Waals surface area contributed by atoms with Crippen molar-refractivity contribution in [3.05, 3.63) is 57.6 Å². The maximum absolute atomic E-state index is 12.1. The Morgan fingerprint density at radius 1 is 0.950 bits per heavy atom. The fraction of sp³-hybridized carbons (Fsp3) is 0.188. The molecule has 0 heterocycles. The molecular formula is C16H17BrN2O. The molecule has 0 aliphatic carbocycles. The minimum Gasteiger partial charge on any atom is -0.307 e. The summed E-state index contributed by atoms with van der Waals surface area (Å²) in [7, 11) is 0. The highest BCUT2D eigenvalue weighted by Crippen LogP contribution is 2.22. The van der Waals surface area contributed by atoms with Gasteiger partial charge in [0, 0.05) is 15.8 Å². The molecule has 0 saturated carbocycles. The van der Waals surface area contributed by atoms with Crippen molar-refractivity contribution < 1.29 is 4.79 Å². The van der Waals surface area contributed by atoms with E-state index >= 15 is 0 Å². The lowest BCUT2D eigenvalue weighted by Crippen LogP contribution is -2.21. The van der Waals surface area contributed by atoms with Crippen molar-refractivity contribution >= 4 is 33.3 Å². The Labute approximate surface area is 127 Å². The van der Waals surface area contributed by atoms with Crippen LogP contribution in [0.4, 0.5) is 16.2 Å². The Bertz CT molecular complexity index is 633. The third kappa shape index (κ3) is 3.39. The molecule has 0 spiro atoms. The molecule has 2 amide bonds. The summed E-state index contributed by atoms with van der Waals surface area (Å²) in [6.45, 7) is 5.92. The van der Waals surface area contributed by atoms with Gasteiger partial charge in [-0.3, -0.25) is 0 Å². The molecular weight excluding hydrogens is 316 g/mol. The van der Waals surface area contributed by atoms with Gasteiger partial charge in [-0.25, -0.2) is 4.79 Å². The fourth-order valence-electron chi connectivity index (χ4n) is 2.05. The molecule has 104 valence electrons. The maximum Gasteiger partial charge on any atom is 0.323 e. The molecule has 0 radical (unpaired) electrons. The van der Waals surface area contributed by atoms with E-state index in [-0.39, 0.29) is 6.03 Å². The lowest BCUT2D eigenvalue weighted by molar-refractivity contribution is 0.262. The van der Waals surface area contributed by atoms with E-state index in [0.717, 1.165) is 32.5 Å². The molecule has 0 bridgehead atoms. The third-order valence-corrected chi connectivity index (χ3v) is 3.65. The first-order valence-corrected chi connectivity index (χ1v) is 7.17. The first-order valence-electron chi connectivity index (χ1n) is 6.38. The van der Waals surface area contributed by atoms with Gasteiger partial charge < -0.3 is 10.6 Å². The van der Waals surface area contributed by atoms with Gasteiger partial charge in [-0.2, -0.15) is 0 Å². The second kappa shape index (κ2) is 6.09. The van der Waals surface area contributed by atoms with E-state index in [0.29, 0.717) is 0 Å². The van der Waals surface area contributed by atoms with E-state index in [1.165, 1.54) is 0 Å². The average Bonchev–Trinajstić information content (AvgIpc) is 2.37. The predicted molar refractivity (Wildman–Crippen MR) is 87.4 cm³/mol. The lowest BCUT2D eigenvalue weighted by atomic mass is 10.1. The number of nitrogens with one attached hydrogen (secondary N) is 2. The van der Waals surface area contributed by atoms with Gasteiger partial charge in [0.2, 0.25) is 0 Å². The zero-order chi connectivity index (χ0) is 14.7. The summed E-state index contributed by atoms with van der Waals surface area (Å²) in [5.74, 6) is 0. The lowest BCUT2D eigenvalue weighted by Gasteiger charge is -2.13. The topological polar surface area (TPSA) is 41.1 Å². The fourth-order valence-corrected chi connectivity index (χ4v) is 2.52. The molecule has 0 aromatic heterocycles. The Hall–Kier alpha value is -1.81. The number of anilines is 2. The van der Waals surface area contributed by atoms with E-state index in [1.807, 2.05) is 57.2 Å². The van der Waals surface area contributed by atoms with Crippen LogP contribution < -0.4 is 10.6 Å². The maximum atomic E-state index is 12.1. The highest BCUT2D eigenvalue weighted by Gasteiger charge is 2.08. The number of amides is 2. The zero-order valence-corrected chi connectivity index (χ0v) is 13.3. The van der Waals surface area contributed by atoms with Crippen LogP contribution in [-0.2, 0) is 0 Å². The number of carbonyl (C=O) groups excluding carboxylic acids is 1. The summed E-state index contributed by atoms with van der Waals surface area (Å²) in [5.41, 5.74) is 4.77. The summed E-state index contributed by atoms with van der Waals surface area (Å²) in [4.78, 5) is 12.1. The summed E-state index contributed by atoms with van der Waals surface area (Å²) in [6, 6.07) is 11.5. The van der Waals surface area contributed by atoms with Gasteiger partial charge >= 0.3 is 6.03 Å². The van der Waals surface area contributed by atoms with E-state index in [2.05, 4.69) is 26.6 Å². The van der Waals surface area contributed by atoms with Crippen LogP contribution in [0, 0.1) is 20.8 Å². The number of benzene rings is 2. The molecule has 0 atom stereocenters. The van der Waals surface area contributed by atoms with Crippen molar-refractivity contribution in [1.82, 2.24) is 0 Å². The van der Waals surface area contributed by atoms with Crippen LogP contribution >= 0.6 is 15.9 Å². The highest BCUT2D eigenvalue weighted by atomic mass is 79.9. The molecule has 0 saturated heterocycles. The molecule has 3 nitrogen and oxygen atoms in total. The largest absolute Gasteiger partial charge is 0.323 e. The van der Waals surface area contributed by atoms with Crippen LogP contribution in [-0.4, -0.2) is 6.03 Å². The van der Waals surface area contributed by atoms with Crippen molar-refractivity contribution in [3.8, 4) is 0 Å². The van der Waals surface area contributed by atoms with Crippen LogP contribution in [0.5, 0.6) is 0 Å². The van der Waals surface area contributed by atoms with Crippen LogP contribution in [0.15, 0.2) is 40.9 Å². The van der Waals surface area contributed by atoms with Crippen molar-refractivity contribution in [1.29, 1.82) is 0 Å². The molecule has 0 fully saturated rings. The molecule has 0 unspecified atom stereocenters. The van der Waals surface area contributed by atoms with E-state index in [4.69, 9.17) is 0 Å². The Balaban J connectivity index is 2.13. The quantitative estimate of drug-likeness (QED) is 0.796. The first kappa shape index (κ1) is 14.6. The van der Waals surface area contributed by atoms with Crippen molar-refractivity contribution in [2.45, 2.75) is 20.8 Å². The number of carbonyl (C=O) groups is 1. The van der Waals surface area contributed by atoms with Crippen LogP contribution in [0.3, 0.4) is 0 Å². The van der Waals surface area contributed by atoms with Gasteiger partial charge in [0.05, 0.1) is 0 Å². The Morgan fingerprint density at radius 3 is 2.20 bits per heavy atom. The summed E-state index contributed by atoms with van der Waals surface area (Å²) >= 11 is 3.41. The Morgan fingerprint density at radius 2 is 1.60 bits per heavy atom. The molecule has 4 heteroatoms. The highest BCUT2D eigenvalue weighted by molar-refractivity contribution is 9.10. The number of rotatable bonds is 2. The summed E-state index contributed by atoms with van der Waals surface area (Å²) in [6.07, 6.45) is 0. The average molecular weight is 333 g/mol. The number of hydrogen-bond donors (Lipinski definition) is 2. The smallest absolute Gasteiger partial charge is 0.307 e. The van der Waals surface area contributed by atoms with E-state index < -0.39 is 0 Å². The van der Waals surface area contributed by atoms with Crippen molar-refractivity contribution in [3.63, 3.8) is 0 Å². The Kier molecular flexibility index (Phi) is 4.45. The van der Waals surface area contributed by atoms with Crippen LogP contribution in [0.1, 0.15) is 16.7 Å². The molecule has 2 rings (SSSR count). The molecule has 0 aliphatic rings. The van der Waals surface area contributed by atoms with Gasteiger partial charge in [-0.05, 0) is 55.7 Å². The van der Waals surface area contributed by atoms with Crippen LogP contribution in [0.2, 0.25) is 0 Å². The summed E-state index contributed by atoms with van der Waals surface area (Å²) in [5, 5.41) is 5.78. The zero-order valence-electron chi connectivity index (χ0n) is 11.8. The monoisotopic (exact) mass is 332 g/mol. The van der Waals surface area contributed by atoms with Crippen molar-refractivity contribution in [2.75, 3.05) is 10.6 Å². The number of aryl methyl sites for hydroxylation is 3. The minimum absolute atomic E-state index is 0.229. The number of halogens is 1. The van der Waals surface area contributed by atoms with Gasteiger partial charge in [0.25, 0.3) is 0 Å². The van der Waals surface area contributed by atoms with Gasteiger partial charge in [-0.1, -0.05) is 34.1 Å². The molecule has 20 heavy (non-hydrogen) atoms. The molecule has 2 N–H and O–H groups in total. The molecule has 2 aromatic carbocycles. The SMILES string of the molecule is Cc1cc(Br)ccc1NC(=O)Nc1c(C)cccc1C.